The molecule has 59 heavy (non-hydrogen) atoms. The SMILES string of the molecule is O=C(O)C(F)(F)F.O=C(O[C@@H](Cc1c(Cl)c[n+]([O-])cc1Cl)c1ccc(OC(F)F)c(OCC2CC2)c1)c1cc(NS(=O)(=O)CCCN2CCOCC2)ccc1C(F)(F)F. The van der Waals surface area contributed by atoms with Crippen LogP contribution in [0.25, 0.3) is 0 Å². The molecule has 0 radical (unpaired) electrons. The number of hydrogen-bond acceptors (Lipinski definition) is 10. The van der Waals surface area contributed by atoms with Crippen LogP contribution in [0.1, 0.15) is 52.4 Å². The lowest BCUT2D eigenvalue weighted by molar-refractivity contribution is -0.605. The van der Waals surface area contributed by atoms with Crippen LogP contribution in [0.15, 0.2) is 48.8 Å². The minimum absolute atomic E-state index is 0.0671. The number of ether oxygens (including phenoxy) is 4. The number of carboxylic acids is 1. The second-order valence-electron chi connectivity index (χ2n) is 13.0. The van der Waals surface area contributed by atoms with E-state index in [0.29, 0.717) is 49.7 Å². The maximum absolute atomic E-state index is 14.2. The molecule has 1 saturated heterocycles. The number of benzene rings is 2. The van der Waals surface area contributed by atoms with Gasteiger partial charge in [0.2, 0.25) is 10.0 Å². The summed E-state index contributed by atoms with van der Waals surface area (Å²) in [6.45, 7) is -0.253. The third-order valence-electron chi connectivity index (χ3n) is 8.48. The van der Waals surface area contributed by atoms with E-state index in [1.807, 2.05) is 4.90 Å². The van der Waals surface area contributed by atoms with Crippen molar-refractivity contribution in [3.05, 3.63) is 86.3 Å². The number of carboxylic acid groups (broad SMARTS) is 1. The molecule has 0 bridgehead atoms. The van der Waals surface area contributed by atoms with Crippen molar-refractivity contribution in [1.82, 2.24) is 4.90 Å². The van der Waals surface area contributed by atoms with Gasteiger partial charge in [-0.1, -0.05) is 29.3 Å². The van der Waals surface area contributed by atoms with E-state index >= 15 is 0 Å². The van der Waals surface area contributed by atoms with E-state index in [2.05, 4.69) is 9.46 Å². The number of aromatic nitrogens is 1. The van der Waals surface area contributed by atoms with Crippen LogP contribution in [0.3, 0.4) is 0 Å². The van der Waals surface area contributed by atoms with Gasteiger partial charge in [-0.3, -0.25) is 9.62 Å². The zero-order valence-corrected chi connectivity index (χ0v) is 32.7. The summed E-state index contributed by atoms with van der Waals surface area (Å²) in [6, 6.07) is 5.75. The fourth-order valence-corrected chi connectivity index (χ4v) is 7.11. The van der Waals surface area contributed by atoms with E-state index in [1.165, 1.54) is 12.1 Å². The van der Waals surface area contributed by atoms with Gasteiger partial charge in [-0.2, -0.15) is 39.9 Å². The lowest BCUT2D eigenvalue weighted by Gasteiger charge is -2.26. The molecule has 2 fully saturated rings. The van der Waals surface area contributed by atoms with Crippen LogP contribution < -0.4 is 18.9 Å². The van der Waals surface area contributed by atoms with Crippen molar-refractivity contribution >= 4 is 50.9 Å². The molecule has 326 valence electrons. The Morgan fingerprint density at radius 3 is 2.19 bits per heavy atom. The third kappa shape index (κ3) is 15.0. The average molecular weight is 913 g/mol. The van der Waals surface area contributed by atoms with Crippen molar-refractivity contribution in [3.8, 4) is 11.5 Å². The van der Waals surface area contributed by atoms with Crippen molar-refractivity contribution in [3.63, 3.8) is 0 Å². The number of carbonyl (C=O) groups excluding carboxylic acids is 1. The third-order valence-corrected chi connectivity index (χ3v) is 10.5. The quantitative estimate of drug-likeness (QED) is 0.0642. The Morgan fingerprint density at radius 1 is 1.00 bits per heavy atom. The highest BCUT2D eigenvalue weighted by Gasteiger charge is 2.39. The highest BCUT2D eigenvalue weighted by molar-refractivity contribution is 7.92. The van der Waals surface area contributed by atoms with E-state index in [4.69, 9.17) is 47.3 Å². The summed E-state index contributed by atoms with van der Waals surface area (Å²) in [5.41, 5.74) is -2.60. The number of anilines is 1. The first-order valence-corrected chi connectivity index (χ1v) is 19.7. The summed E-state index contributed by atoms with van der Waals surface area (Å²) in [7, 11) is -4.05. The molecule has 1 atom stereocenters. The van der Waals surface area contributed by atoms with Gasteiger partial charge in [0.25, 0.3) is 0 Å². The highest BCUT2D eigenvalue weighted by atomic mass is 35.5. The van der Waals surface area contributed by atoms with Gasteiger partial charge >= 0.3 is 30.9 Å². The Kier molecular flexibility index (Phi) is 16.2. The topological polar surface area (TPSA) is 168 Å². The Hall–Kier alpha value is -4.38. The van der Waals surface area contributed by atoms with Gasteiger partial charge in [0.1, 0.15) is 16.1 Å². The van der Waals surface area contributed by atoms with Crippen molar-refractivity contribution in [2.24, 2.45) is 5.92 Å². The number of esters is 1. The van der Waals surface area contributed by atoms with Crippen LogP contribution in [0, 0.1) is 11.1 Å². The predicted octanol–water partition coefficient (Wildman–Crippen LogP) is 7.27. The fraction of sp³-hybridized carbons (Fsp3) is 0.457. The fourth-order valence-electron chi connectivity index (χ4n) is 5.41. The number of alkyl halides is 8. The molecule has 0 amide bonds. The Bertz CT molecular complexity index is 2030. The predicted molar refractivity (Wildman–Crippen MR) is 193 cm³/mol. The van der Waals surface area contributed by atoms with E-state index in [-0.39, 0.29) is 63.1 Å². The summed E-state index contributed by atoms with van der Waals surface area (Å²) in [4.78, 5) is 24.6. The molecule has 2 aromatic carbocycles. The number of nitrogens with one attached hydrogen (secondary N) is 1. The minimum Gasteiger partial charge on any atom is -0.619 e. The molecule has 2 heterocycles. The number of nitrogens with zero attached hydrogens (tertiary/aromatic N) is 2. The first-order chi connectivity index (χ1) is 27.5. The van der Waals surface area contributed by atoms with Crippen molar-refractivity contribution in [2.45, 2.75) is 50.8 Å². The first kappa shape index (κ1) is 47.3. The number of rotatable bonds is 16. The molecule has 13 nitrogen and oxygen atoms in total. The highest BCUT2D eigenvalue weighted by Crippen LogP contribution is 2.39. The van der Waals surface area contributed by atoms with Gasteiger partial charge in [-0.15, -0.1) is 0 Å². The molecule has 24 heteroatoms. The molecule has 1 saturated carbocycles. The minimum atomic E-state index is -5.08. The van der Waals surface area contributed by atoms with Gasteiger partial charge in [0.05, 0.1) is 36.7 Å². The van der Waals surface area contributed by atoms with Crippen LogP contribution >= 0.6 is 23.2 Å². The molecule has 2 N–H and O–H groups in total. The van der Waals surface area contributed by atoms with Crippen LogP contribution in [-0.2, 0) is 36.9 Å². The molecule has 0 unspecified atom stereocenters. The summed E-state index contributed by atoms with van der Waals surface area (Å²) < 4.78 is 150. The normalized spacial score (nSPS) is 15.5. The van der Waals surface area contributed by atoms with Gasteiger partial charge in [0, 0.05) is 30.8 Å². The van der Waals surface area contributed by atoms with E-state index in [0.717, 1.165) is 37.4 Å². The maximum atomic E-state index is 14.2. The second kappa shape index (κ2) is 20.3. The molecule has 1 aromatic heterocycles. The Labute approximate surface area is 341 Å². The number of carbonyl (C=O) groups is 2. The Morgan fingerprint density at radius 2 is 1.63 bits per heavy atom. The average Bonchev–Trinajstić information content (AvgIpc) is 3.96. The lowest BCUT2D eigenvalue weighted by atomic mass is 10.0. The zero-order valence-electron chi connectivity index (χ0n) is 30.3. The molecule has 2 aliphatic rings. The number of hydrogen-bond donors (Lipinski definition) is 2. The molecule has 5 rings (SSSR count). The number of pyridine rings is 1. The van der Waals surface area contributed by atoms with Crippen molar-refractivity contribution < 1.29 is 81.9 Å². The first-order valence-electron chi connectivity index (χ1n) is 17.3. The van der Waals surface area contributed by atoms with E-state index in [1.54, 1.807) is 0 Å². The molecule has 1 aliphatic heterocycles. The lowest BCUT2D eigenvalue weighted by Crippen LogP contribution is -2.37. The number of sulfonamides is 1. The number of halogens is 10. The number of morpholine rings is 1. The Balaban J connectivity index is 0.00000101. The van der Waals surface area contributed by atoms with E-state index in [9.17, 15) is 53.5 Å². The second-order valence-corrected chi connectivity index (χ2v) is 15.7. The monoisotopic (exact) mass is 911 g/mol. The molecular weight excluding hydrogens is 877 g/mol. The van der Waals surface area contributed by atoms with Gasteiger partial charge in [0.15, 0.2) is 23.9 Å². The smallest absolute Gasteiger partial charge is 0.490 e. The summed E-state index contributed by atoms with van der Waals surface area (Å²) in [5.74, 6) is -4.90. The molecular formula is C35H35Cl2F8N3O10S. The molecule has 0 spiro atoms. The zero-order chi connectivity index (χ0) is 43.7. The van der Waals surface area contributed by atoms with Gasteiger partial charge in [-0.05, 0) is 67.6 Å². The van der Waals surface area contributed by atoms with Gasteiger partial charge in [-0.25, -0.2) is 18.0 Å². The maximum Gasteiger partial charge on any atom is 0.490 e. The van der Waals surface area contributed by atoms with E-state index < -0.39 is 64.6 Å². The summed E-state index contributed by atoms with van der Waals surface area (Å²) in [5, 5.41) is 18.7. The molecule has 1 aliphatic carbocycles. The van der Waals surface area contributed by atoms with Crippen LogP contribution in [0.5, 0.6) is 11.5 Å². The summed E-state index contributed by atoms with van der Waals surface area (Å²) >= 11 is 12.6. The standard InChI is InChI=1S/C33H34Cl2F5N3O8S.C2HF3O2/c34-26-17-43(45)18-27(35)24(26)16-29(21-4-7-28(51-32(36)37)30(14-21)49-19-20-2-3-20)50-31(44)23-15-22(5-6-25(23)33(38,39)40)41-52(46,47)13-1-8-42-9-11-48-12-10-42;3-2(4,5)1(6)7/h4-7,14-15,17-18,20,29,32,41H,1-3,8-13,16,19H2;(H,6,7)/t29-;/m0./s1. The van der Waals surface area contributed by atoms with Crippen molar-refractivity contribution in [2.75, 3.05) is 49.9 Å². The van der Waals surface area contributed by atoms with Gasteiger partial charge < -0.3 is 29.3 Å². The van der Waals surface area contributed by atoms with Crippen LogP contribution in [0.2, 0.25) is 10.0 Å². The molecule has 3 aromatic rings. The van der Waals surface area contributed by atoms with Crippen molar-refractivity contribution in [1.29, 1.82) is 0 Å². The number of aliphatic carboxylic acids is 1. The van der Waals surface area contributed by atoms with Crippen LogP contribution in [-0.4, -0.2) is 88.4 Å². The summed E-state index contributed by atoms with van der Waals surface area (Å²) in [6.07, 6.45) is -8.15. The largest absolute Gasteiger partial charge is 0.619 e. The van der Waals surface area contributed by atoms with Crippen LogP contribution in [0.4, 0.5) is 40.8 Å².